The van der Waals surface area contributed by atoms with Crippen molar-refractivity contribution in [2.75, 3.05) is 19.7 Å². The summed E-state index contributed by atoms with van der Waals surface area (Å²) >= 11 is 0. The van der Waals surface area contributed by atoms with Crippen LogP contribution in [0.1, 0.15) is 54.8 Å². The van der Waals surface area contributed by atoms with Gasteiger partial charge in [-0.1, -0.05) is 0 Å². The molecule has 2 aliphatic rings. The monoisotopic (exact) mass is 412 g/mol. The van der Waals surface area contributed by atoms with Crippen LogP contribution in [-0.4, -0.2) is 56.6 Å². The molecule has 2 aromatic heterocycles. The molecule has 2 aromatic rings. The van der Waals surface area contributed by atoms with Crippen molar-refractivity contribution in [2.24, 2.45) is 5.92 Å². The van der Waals surface area contributed by atoms with E-state index in [1.165, 1.54) is 4.90 Å². The largest absolute Gasteiger partial charge is 0.465 e. The minimum atomic E-state index is -4.13. The number of carbonyl (C=O) groups is 1. The second-order valence-corrected chi connectivity index (χ2v) is 7.84. The van der Waals surface area contributed by atoms with Crippen molar-refractivity contribution >= 4 is 11.7 Å². The highest BCUT2D eigenvalue weighted by atomic mass is 19.4. The summed E-state index contributed by atoms with van der Waals surface area (Å²) in [5.41, 5.74) is 2.78. The SMILES string of the molecule is Cc1cc([C@H]2CN(C(=O)O)CCO2)n2nc([C@H]3CC[C@H](C(F)(F)F)CC3)cc2n1. The number of nitrogens with zero attached hydrogens (tertiary/aromatic N) is 4. The van der Waals surface area contributed by atoms with E-state index in [0.717, 1.165) is 11.4 Å². The number of ether oxygens (including phenoxy) is 1. The van der Waals surface area contributed by atoms with Crippen LogP contribution in [0.3, 0.4) is 0 Å². The van der Waals surface area contributed by atoms with Crippen molar-refractivity contribution in [1.29, 1.82) is 0 Å². The van der Waals surface area contributed by atoms with E-state index in [4.69, 9.17) is 4.74 Å². The number of amides is 1. The second kappa shape index (κ2) is 7.47. The van der Waals surface area contributed by atoms with Crippen molar-refractivity contribution in [1.82, 2.24) is 19.5 Å². The fourth-order valence-electron chi connectivity index (χ4n) is 4.29. The van der Waals surface area contributed by atoms with E-state index in [0.29, 0.717) is 30.7 Å². The first-order valence-corrected chi connectivity index (χ1v) is 9.76. The Balaban J connectivity index is 1.60. The summed E-state index contributed by atoms with van der Waals surface area (Å²) in [4.78, 5) is 17.1. The van der Waals surface area contributed by atoms with Crippen LogP contribution in [0.2, 0.25) is 0 Å². The molecular weight excluding hydrogens is 389 g/mol. The maximum absolute atomic E-state index is 12.9. The lowest BCUT2D eigenvalue weighted by Gasteiger charge is -2.31. The summed E-state index contributed by atoms with van der Waals surface area (Å²) in [6, 6.07) is 3.65. The van der Waals surface area contributed by atoms with Crippen LogP contribution in [0.15, 0.2) is 12.1 Å². The molecule has 1 saturated carbocycles. The van der Waals surface area contributed by atoms with Gasteiger partial charge < -0.3 is 14.7 Å². The van der Waals surface area contributed by atoms with E-state index in [1.807, 2.05) is 19.1 Å². The average molecular weight is 412 g/mol. The summed E-state index contributed by atoms with van der Waals surface area (Å²) in [6.45, 7) is 2.63. The quantitative estimate of drug-likeness (QED) is 0.809. The number of morpholine rings is 1. The van der Waals surface area contributed by atoms with Crippen LogP contribution in [0.5, 0.6) is 0 Å². The van der Waals surface area contributed by atoms with Crippen LogP contribution >= 0.6 is 0 Å². The Morgan fingerprint density at radius 2 is 1.97 bits per heavy atom. The topological polar surface area (TPSA) is 80.0 Å². The summed E-state index contributed by atoms with van der Waals surface area (Å²) < 4.78 is 46.3. The molecule has 1 aliphatic carbocycles. The van der Waals surface area contributed by atoms with E-state index in [-0.39, 0.29) is 31.9 Å². The van der Waals surface area contributed by atoms with E-state index in [9.17, 15) is 23.1 Å². The third-order valence-electron chi connectivity index (χ3n) is 5.88. The van der Waals surface area contributed by atoms with Gasteiger partial charge in [-0.05, 0) is 38.7 Å². The van der Waals surface area contributed by atoms with Gasteiger partial charge in [-0.25, -0.2) is 14.3 Å². The molecule has 1 aliphatic heterocycles. The van der Waals surface area contributed by atoms with Gasteiger partial charge in [0.1, 0.15) is 6.10 Å². The number of hydrogen-bond donors (Lipinski definition) is 1. The number of halogens is 3. The van der Waals surface area contributed by atoms with Crippen LogP contribution in [-0.2, 0) is 4.74 Å². The zero-order valence-electron chi connectivity index (χ0n) is 16.0. The van der Waals surface area contributed by atoms with E-state index >= 15 is 0 Å². The van der Waals surface area contributed by atoms with Gasteiger partial charge in [0, 0.05) is 24.2 Å². The molecule has 4 rings (SSSR count). The lowest BCUT2D eigenvalue weighted by atomic mass is 9.80. The van der Waals surface area contributed by atoms with Crippen LogP contribution in [0.4, 0.5) is 18.0 Å². The van der Waals surface area contributed by atoms with E-state index in [2.05, 4.69) is 10.1 Å². The first-order valence-electron chi connectivity index (χ1n) is 9.76. The number of aryl methyl sites for hydroxylation is 1. The Bertz CT molecular complexity index is 906. The van der Waals surface area contributed by atoms with Gasteiger partial charge in [-0.15, -0.1) is 0 Å². The van der Waals surface area contributed by atoms with E-state index in [1.54, 1.807) is 4.52 Å². The number of aromatic nitrogens is 3. The Morgan fingerprint density at radius 1 is 1.24 bits per heavy atom. The molecule has 158 valence electrons. The first kappa shape index (κ1) is 19.9. The highest BCUT2D eigenvalue weighted by molar-refractivity contribution is 5.65. The van der Waals surface area contributed by atoms with Gasteiger partial charge >= 0.3 is 12.3 Å². The normalized spacial score (nSPS) is 26.1. The molecule has 10 heteroatoms. The molecule has 7 nitrogen and oxygen atoms in total. The van der Waals surface area contributed by atoms with Crippen molar-refractivity contribution in [3.8, 4) is 0 Å². The molecule has 0 spiro atoms. The fraction of sp³-hybridized carbons (Fsp3) is 0.632. The van der Waals surface area contributed by atoms with Crippen molar-refractivity contribution in [2.45, 2.75) is 50.8 Å². The molecule has 0 unspecified atom stereocenters. The molecule has 1 N–H and O–H groups in total. The van der Waals surface area contributed by atoms with Gasteiger partial charge in [-0.3, -0.25) is 0 Å². The van der Waals surface area contributed by atoms with Crippen LogP contribution in [0.25, 0.3) is 5.65 Å². The highest BCUT2D eigenvalue weighted by Gasteiger charge is 2.42. The van der Waals surface area contributed by atoms with Crippen LogP contribution in [0, 0.1) is 12.8 Å². The number of carboxylic acid groups (broad SMARTS) is 1. The predicted molar refractivity (Wildman–Crippen MR) is 96.8 cm³/mol. The lowest BCUT2D eigenvalue weighted by molar-refractivity contribution is -0.182. The molecule has 0 radical (unpaired) electrons. The van der Waals surface area contributed by atoms with Gasteiger partial charge in [0.15, 0.2) is 5.65 Å². The molecule has 0 aromatic carbocycles. The molecule has 1 saturated heterocycles. The maximum atomic E-state index is 12.9. The molecule has 2 fully saturated rings. The Morgan fingerprint density at radius 3 is 2.62 bits per heavy atom. The van der Waals surface area contributed by atoms with Gasteiger partial charge in [0.2, 0.25) is 0 Å². The number of hydrogen-bond acceptors (Lipinski definition) is 4. The Labute approximate surface area is 165 Å². The zero-order valence-corrected chi connectivity index (χ0v) is 16.0. The first-order chi connectivity index (χ1) is 13.7. The molecular formula is C19H23F3N4O3. The van der Waals surface area contributed by atoms with Gasteiger partial charge in [-0.2, -0.15) is 18.3 Å². The average Bonchev–Trinajstić information content (AvgIpc) is 3.10. The fourth-order valence-corrected chi connectivity index (χ4v) is 4.29. The zero-order chi connectivity index (χ0) is 20.8. The molecule has 1 amide bonds. The summed E-state index contributed by atoms with van der Waals surface area (Å²) in [5.74, 6) is -1.27. The van der Waals surface area contributed by atoms with Gasteiger partial charge in [0.25, 0.3) is 0 Å². The van der Waals surface area contributed by atoms with Crippen molar-refractivity contribution in [3.63, 3.8) is 0 Å². The second-order valence-electron chi connectivity index (χ2n) is 7.84. The molecule has 1 atom stereocenters. The minimum absolute atomic E-state index is 0.0359. The third kappa shape index (κ3) is 4.03. The molecule has 0 bridgehead atoms. The van der Waals surface area contributed by atoms with Gasteiger partial charge in [0.05, 0.1) is 30.5 Å². The molecule has 3 heterocycles. The summed E-state index contributed by atoms with van der Waals surface area (Å²) in [5, 5.41) is 13.9. The third-order valence-corrected chi connectivity index (χ3v) is 5.88. The van der Waals surface area contributed by atoms with Crippen molar-refractivity contribution < 1.29 is 27.8 Å². The van der Waals surface area contributed by atoms with Crippen molar-refractivity contribution in [3.05, 3.63) is 29.2 Å². The predicted octanol–water partition coefficient (Wildman–Crippen LogP) is 3.93. The highest BCUT2D eigenvalue weighted by Crippen LogP contribution is 2.42. The van der Waals surface area contributed by atoms with E-state index < -0.39 is 24.3 Å². The maximum Gasteiger partial charge on any atom is 0.407 e. The number of alkyl halides is 3. The standard InChI is InChI=1S/C19H23F3N4O3/c1-11-8-15(16-10-25(18(27)28)6-7-29-16)26-17(23-11)9-14(24-26)12-2-4-13(5-3-12)19(20,21)22/h8-9,12-13,16H,2-7,10H2,1H3,(H,27,28)/t12-,13-,16-/m1/s1. The smallest absolute Gasteiger partial charge is 0.407 e. The Kier molecular flexibility index (Phi) is 5.14. The Hall–Kier alpha value is -2.36. The number of fused-ring (bicyclic) bond motifs is 1. The number of rotatable bonds is 2. The summed E-state index contributed by atoms with van der Waals surface area (Å²) in [6.07, 6.45) is -4.50. The molecule has 29 heavy (non-hydrogen) atoms. The van der Waals surface area contributed by atoms with Crippen LogP contribution < -0.4 is 0 Å². The lowest BCUT2D eigenvalue weighted by Crippen LogP contribution is -2.42. The summed E-state index contributed by atoms with van der Waals surface area (Å²) in [7, 11) is 0. The minimum Gasteiger partial charge on any atom is -0.465 e.